The Morgan fingerprint density at radius 1 is 0.846 bits per heavy atom. The number of hydrogen-bond acceptors (Lipinski definition) is 1. The lowest BCUT2D eigenvalue weighted by molar-refractivity contribution is 0.578. The van der Waals surface area contributed by atoms with E-state index >= 15 is 0 Å². The summed E-state index contributed by atoms with van der Waals surface area (Å²) in [5.74, 6) is 0. The van der Waals surface area contributed by atoms with Gasteiger partial charge in [0.2, 0.25) is 0 Å². The molecule has 1 aliphatic rings. The molecule has 0 unspecified atom stereocenters. The molecule has 1 fully saturated rings. The number of nitrogens with zero attached hydrogens (tertiary/aromatic N) is 1. The molecule has 0 atom stereocenters. The summed E-state index contributed by atoms with van der Waals surface area (Å²) in [7, 11) is 0. The molecule has 0 saturated carbocycles. The Morgan fingerprint density at radius 3 is 2.08 bits per heavy atom. The van der Waals surface area contributed by atoms with Crippen molar-refractivity contribution in [2.24, 2.45) is 0 Å². The number of benzene rings is 1. The maximum atomic E-state index is 2.48. The van der Waals surface area contributed by atoms with E-state index in [9.17, 15) is 0 Å². The fourth-order valence-electron chi connectivity index (χ4n) is 1.79. The standard InChI is InChI=1S/C11H15N.ClH/c1-3-7-11(8-4-1)12-9-5-2-6-10-12;/h1,3-4,7-8H,2,5-6,9-10H2;1H. The second-order valence-electron chi connectivity index (χ2n) is 3.38. The number of rotatable bonds is 1. The van der Waals surface area contributed by atoms with E-state index in [1.165, 1.54) is 38.0 Å². The van der Waals surface area contributed by atoms with Gasteiger partial charge in [-0.2, -0.15) is 0 Å². The summed E-state index contributed by atoms with van der Waals surface area (Å²) < 4.78 is 0. The van der Waals surface area contributed by atoms with Crippen molar-refractivity contribution >= 4 is 18.1 Å². The molecule has 0 aromatic heterocycles. The lowest BCUT2D eigenvalue weighted by atomic mass is 10.1. The van der Waals surface area contributed by atoms with Crippen LogP contribution in [-0.2, 0) is 0 Å². The van der Waals surface area contributed by atoms with Crippen LogP contribution in [-0.4, -0.2) is 13.1 Å². The van der Waals surface area contributed by atoms with E-state index < -0.39 is 0 Å². The van der Waals surface area contributed by atoms with E-state index in [1.54, 1.807) is 0 Å². The average molecular weight is 198 g/mol. The molecule has 1 aliphatic heterocycles. The van der Waals surface area contributed by atoms with Gasteiger partial charge < -0.3 is 4.90 Å². The van der Waals surface area contributed by atoms with Crippen molar-refractivity contribution in [2.75, 3.05) is 18.0 Å². The van der Waals surface area contributed by atoms with Gasteiger partial charge in [-0.15, -0.1) is 12.4 Å². The number of para-hydroxylation sites is 1. The zero-order valence-electron chi connectivity index (χ0n) is 7.78. The van der Waals surface area contributed by atoms with Gasteiger partial charge in [0.05, 0.1) is 0 Å². The Bertz CT molecular complexity index is 229. The Hall–Kier alpha value is -0.690. The molecule has 1 nitrogen and oxygen atoms in total. The van der Waals surface area contributed by atoms with Crippen molar-refractivity contribution in [3.8, 4) is 0 Å². The zero-order valence-corrected chi connectivity index (χ0v) is 8.59. The van der Waals surface area contributed by atoms with Gasteiger partial charge in [-0.25, -0.2) is 0 Å². The minimum absolute atomic E-state index is 0. The Labute approximate surface area is 86.2 Å². The van der Waals surface area contributed by atoms with Gasteiger partial charge in [-0.05, 0) is 31.4 Å². The first kappa shape index (κ1) is 10.4. The van der Waals surface area contributed by atoms with Gasteiger partial charge in [0.25, 0.3) is 0 Å². The normalized spacial score (nSPS) is 16.5. The third-order valence-corrected chi connectivity index (χ3v) is 2.48. The monoisotopic (exact) mass is 197 g/mol. The van der Waals surface area contributed by atoms with Gasteiger partial charge >= 0.3 is 0 Å². The Kier molecular flexibility index (Phi) is 4.10. The first-order valence-corrected chi connectivity index (χ1v) is 4.77. The predicted octanol–water partition coefficient (Wildman–Crippen LogP) is 3.10. The quantitative estimate of drug-likeness (QED) is 0.669. The van der Waals surface area contributed by atoms with E-state index in [0.717, 1.165) is 0 Å². The molecule has 0 aliphatic carbocycles. The first-order chi connectivity index (χ1) is 5.97. The van der Waals surface area contributed by atoms with Crippen LogP contribution in [0.2, 0.25) is 0 Å². The lowest BCUT2D eigenvalue weighted by Crippen LogP contribution is -2.29. The highest BCUT2D eigenvalue weighted by Gasteiger charge is 2.09. The molecule has 0 amide bonds. The highest BCUT2D eigenvalue weighted by Crippen LogP contribution is 2.18. The Balaban J connectivity index is 0.000000845. The fraction of sp³-hybridized carbons (Fsp3) is 0.455. The van der Waals surface area contributed by atoms with Crippen molar-refractivity contribution in [3.63, 3.8) is 0 Å². The van der Waals surface area contributed by atoms with Crippen LogP contribution in [0.3, 0.4) is 0 Å². The van der Waals surface area contributed by atoms with E-state index in [1.807, 2.05) is 0 Å². The summed E-state index contributed by atoms with van der Waals surface area (Å²) in [6.07, 6.45) is 4.12. The molecule has 1 saturated heterocycles. The van der Waals surface area contributed by atoms with E-state index in [2.05, 4.69) is 35.2 Å². The highest BCUT2D eigenvalue weighted by atomic mass is 35.5. The minimum atomic E-state index is 0. The number of anilines is 1. The van der Waals surface area contributed by atoms with Gasteiger partial charge in [0.1, 0.15) is 0 Å². The molecule has 2 heteroatoms. The highest BCUT2D eigenvalue weighted by molar-refractivity contribution is 5.85. The van der Waals surface area contributed by atoms with Crippen LogP contribution in [0, 0.1) is 0 Å². The molecule has 1 aromatic rings. The molecule has 1 aromatic carbocycles. The molecule has 72 valence electrons. The van der Waals surface area contributed by atoms with Crippen LogP contribution in [0.25, 0.3) is 0 Å². The smallest absolute Gasteiger partial charge is 0.0366 e. The molecule has 0 radical (unpaired) electrons. The average Bonchev–Trinajstić information content (AvgIpc) is 2.21. The third kappa shape index (κ3) is 2.63. The minimum Gasteiger partial charge on any atom is -0.372 e. The van der Waals surface area contributed by atoms with Gasteiger partial charge in [-0.3, -0.25) is 0 Å². The molecule has 13 heavy (non-hydrogen) atoms. The van der Waals surface area contributed by atoms with Gasteiger partial charge in [0, 0.05) is 18.8 Å². The van der Waals surface area contributed by atoms with Crippen molar-refractivity contribution in [2.45, 2.75) is 19.3 Å². The number of halogens is 1. The second kappa shape index (κ2) is 5.13. The first-order valence-electron chi connectivity index (χ1n) is 4.77. The summed E-state index contributed by atoms with van der Waals surface area (Å²) in [6.45, 7) is 2.48. The SMILES string of the molecule is Cl.c1ccc(N2CCCCC2)cc1. The number of piperidine rings is 1. The third-order valence-electron chi connectivity index (χ3n) is 2.48. The molecule has 1 heterocycles. The van der Waals surface area contributed by atoms with Crippen molar-refractivity contribution in [3.05, 3.63) is 30.3 Å². The van der Waals surface area contributed by atoms with Crippen molar-refractivity contribution in [1.82, 2.24) is 0 Å². The van der Waals surface area contributed by atoms with Crippen LogP contribution < -0.4 is 4.90 Å². The van der Waals surface area contributed by atoms with Crippen LogP contribution in [0.1, 0.15) is 19.3 Å². The summed E-state index contributed by atoms with van der Waals surface area (Å²) in [6, 6.07) is 10.7. The zero-order chi connectivity index (χ0) is 8.23. The molecular weight excluding hydrogens is 182 g/mol. The summed E-state index contributed by atoms with van der Waals surface area (Å²) >= 11 is 0. The molecule has 0 spiro atoms. The lowest BCUT2D eigenvalue weighted by Gasteiger charge is -2.28. The van der Waals surface area contributed by atoms with E-state index in [0.29, 0.717) is 0 Å². The van der Waals surface area contributed by atoms with Gasteiger partial charge in [0.15, 0.2) is 0 Å². The van der Waals surface area contributed by atoms with Crippen LogP contribution in [0.15, 0.2) is 30.3 Å². The van der Waals surface area contributed by atoms with E-state index in [-0.39, 0.29) is 12.4 Å². The summed E-state index contributed by atoms with van der Waals surface area (Å²) in [5.41, 5.74) is 1.39. The van der Waals surface area contributed by atoms with Crippen LogP contribution in [0.5, 0.6) is 0 Å². The second-order valence-corrected chi connectivity index (χ2v) is 3.38. The molecular formula is C11H16ClN. The van der Waals surface area contributed by atoms with Gasteiger partial charge in [-0.1, -0.05) is 18.2 Å². The maximum Gasteiger partial charge on any atom is 0.0366 e. The topological polar surface area (TPSA) is 3.24 Å². The largest absolute Gasteiger partial charge is 0.372 e. The van der Waals surface area contributed by atoms with Crippen molar-refractivity contribution < 1.29 is 0 Å². The number of hydrogen-bond donors (Lipinski definition) is 0. The van der Waals surface area contributed by atoms with Crippen molar-refractivity contribution in [1.29, 1.82) is 0 Å². The fourth-order valence-corrected chi connectivity index (χ4v) is 1.79. The molecule has 2 rings (SSSR count). The van der Waals surface area contributed by atoms with Crippen LogP contribution >= 0.6 is 12.4 Å². The summed E-state index contributed by atoms with van der Waals surface area (Å²) in [4.78, 5) is 2.48. The molecule has 0 N–H and O–H groups in total. The molecule has 0 bridgehead atoms. The van der Waals surface area contributed by atoms with E-state index in [4.69, 9.17) is 0 Å². The van der Waals surface area contributed by atoms with Crippen LogP contribution in [0.4, 0.5) is 5.69 Å². The maximum absolute atomic E-state index is 2.48. The Morgan fingerprint density at radius 2 is 1.46 bits per heavy atom. The summed E-state index contributed by atoms with van der Waals surface area (Å²) in [5, 5.41) is 0. The predicted molar refractivity (Wildman–Crippen MR) is 59.8 cm³/mol.